The Kier molecular flexibility index (Phi) is 5.05. The summed E-state index contributed by atoms with van der Waals surface area (Å²) >= 11 is 0. The second-order valence-corrected chi connectivity index (χ2v) is 5.65. The summed E-state index contributed by atoms with van der Waals surface area (Å²) in [4.78, 5) is 11.5. The molecule has 1 aromatic rings. The fraction of sp³-hybridized carbons (Fsp3) is 0.588. The van der Waals surface area contributed by atoms with E-state index >= 15 is 0 Å². The molecule has 1 aliphatic rings. The molecule has 3 heteroatoms. The first-order chi connectivity index (χ1) is 9.70. The number of carbonyl (C=O) groups excluding carboxylic acids is 1. The van der Waals surface area contributed by atoms with E-state index in [1.54, 1.807) is 7.11 Å². The summed E-state index contributed by atoms with van der Waals surface area (Å²) in [5.74, 6) is 0.774. The van der Waals surface area contributed by atoms with Gasteiger partial charge in [0.05, 0.1) is 14.2 Å². The standard InChI is InChI=1S/C17H24O3/c1-19-15-8-6-14(7-9-15)17(11-4-3-5-12-17)13-10-16(18)20-2/h6-9H,3-5,10-13H2,1-2H3. The molecule has 0 radical (unpaired) electrons. The molecule has 1 fully saturated rings. The van der Waals surface area contributed by atoms with E-state index in [-0.39, 0.29) is 11.4 Å². The summed E-state index contributed by atoms with van der Waals surface area (Å²) in [7, 11) is 3.14. The van der Waals surface area contributed by atoms with Crippen LogP contribution in [0.5, 0.6) is 5.75 Å². The lowest BCUT2D eigenvalue weighted by Gasteiger charge is -2.38. The smallest absolute Gasteiger partial charge is 0.305 e. The number of hydrogen-bond donors (Lipinski definition) is 0. The summed E-state index contributed by atoms with van der Waals surface area (Å²) in [6.07, 6.45) is 7.50. The number of benzene rings is 1. The van der Waals surface area contributed by atoms with E-state index in [1.807, 2.05) is 12.1 Å². The van der Waals surface area contributed by atoms with Gasteiger partial charge in [-0.1, -0.05) is 31.4 Å². The maximum absolute atomic E-state index is 11.5. The summed E-state index contributed by atoms with van der Waals surface area (Å²) in [6, 6.07) is 8.34. The van der Waals surface area contributed by atoms with Crippen molar-refractivity contribution in [3.05, 3.63) is 29.8 Å². The van der Waals surface area contributed by atoms with Crippen molar-refractivity contribution in [2.75, 3.05) is 14.2 Å². The minimum Gasteiger partial charge on any atom is -0.497 e. The first-order valence-corrected chi connectivity index (χ1v) is 7.41. The van der Waals surface area contributed by atoms with Crippen LogP contribution < -0.4 is 4.74 Å². The molecule has 3 nitrogen and oxygen atoms in total. The van der Waals surface area contributed by atoms with Crippen molar-refractivity contribution in [1.82, 2.24) is 0 Å². The van der Waals surface area contributed by atoms with Gasteiger partial charge in [-0.15, -0.1) is 0 Å². The van der Waals surface area contributed by atoms with E-state index in [0.29, 0.717) is 6.42 Å². The van der Waals surface area contributed by atoms with Crippen LogP contribution in [-0.4, -0.2) is 20.2 Å². The number of ether oxygens (including phenoxy) is 2. The van der Waals surface area contributed by atoms with Crippen LogP contribution in [-0.2, 0) is 14.9 Å². The lowest BCUT2D eigenvalue weighted by atomic mass is 9.67. The maximum atomic E-state index is 11.5. The molecule has 1 aliphatic carbocycles. The number of carbonyl (C=O) groups is 1. The molecule has 0 aliphatic heterocycles. The summed E-state index contributed by atoms with van der Waals surface area (Å²) in [5.41, 5.74) is 1.47. The van der Waals surface area contributed by atoms with Crippen molar-refractivity contribution in [2.45, 2.75) is 50.4 Å². The van der Waals surface area contributed by atoms with Crippen LogP contribution in [0.15, 0.2) is 24.3 Å². The van der Waals surface area contributed by atoms with Gasteiger partial charge in [-0.2, -0.15) is 0 Å². The molecule has 1 saturated carbocycles. The number of hydrogen-bond acceptors (Lipinski definition) is 3. The van der Waals surface area contributed by atoms with E-state index < -0.39 is 0 Å². The van der Waals surface area contributed by atoms with Crippen molar-refractivity contribution in [1.29, 1.82) is 0 Å². The van der Waals surface area contributed by atoms with Crippen LogP contribution in [0.2, 0.25) is 0 Å². The fourth-order valence-corrected chi connectivity index (χ4v) is 3.30. The second kappa shape index (κ2) is 6.78. The van der Waals surface area contributed by atoms with Crippen LogP contribution in [0.4, 0.5) is 0 Å². The third-order valence-electron chi connectivity index (χ3n) is 4.55. The first kappa shape index (κ1) is 14.9. The molecular weight excluding hydrogens is 252 g/mol. The topological polar surface area (TPSA) is 35.5 Å². The highest BCUT2D eigenvalue weighted by Crippen LogP contribution is 2.43. The van der Waals surface area contributed by atoms with Gasteiger partial charge in [0.15, 0.2) is 0 Å². The molecule has 110 valence electrons. The van der Waals surface area contributed by atoms with E-state index in [9.17, 15) is 4.79 Å². The molecule has 0 N–H and O–H groups in total. The van der Waals surface area contributed by atoms with Gasteiger partial charge in [-0.3, -0.25) is 4.79 Å². The van der Waals surface area contributed by atoms with Gasteiger partial charge in [0.2, 0.25) is 0 Å². The Balaban J connectivity index is 2.18. The average Bonchev–Trinajstić information content (AvgIpc) is 2.53. The second-order valence-electron chi connectivity index (χ2n) is 5.65. The van der Waals surface area contributed by atoms with Gasteiger partial charge in [-0.05, 0) is 42.4 Å². The van der Waals surface area contributed by atoms with Crippen molar-refractivity contribution in [3.8, 4) is 5.75 Å². The molecule has 0 unspecified atom stereocenters. The molecule has 0 bridgehead atoms. The Morgan fingerprint density at radius 1 is 1.10 bits per heavy atom. The number of esters is 1. The van der Waals surface area contributed by atoms with Gasteiger partial charge in [0.1, 0.15) is 5.75 Å². The van der Waals surface area contributed by atoms with Gasteiger partial charge in [0.25, 0.3) is 0 Å². The molecule has 0 aromatic heterocycles. The highest BCUT2D eigenvalue weighted by Gasteiger charge is 2.34. The first-order valence-electron chi connectivity index (χ1n) is 7.41. The van der Waals surface area contributed by atoms with E-state index in [4.69, 9.17) is 9.47 Å². The summed E-state index contributed by atoms with van der Waals surface area (Å²) < 4.78 is 10.0. The number of rotatable bonds is 5. The van der Waals surface area contributed by atoms with Crippen molar-refractivity contribution in [2.24, 2.45) is 0 Å². The summed E-state index contributed by atoms with van der Waals surface area (Å²) in [5, 5.41) is 0. The van der Waals surface area contributed by atoms with E-state index in [2.05, 4.69) is 12.1 Å². The zero-order chi connectivity index (χ0) is 14.4. The Bertz CT molecular complexity index is 430. The Labute approximate surface area is 121 Å². The highest BCUT2D eigenvalue weighted by atomic mass is 16.5. The largest absolute Gasteiger partial charge is 0.497 e. The predicted molar refractivity (Wildman–Crippen MR) is 79.0 cm³/mol. The maximum Gasteiger partial charge on any atom is 0.305 e. The molecule has 0 heterocycles. The minimum absolute atomic E-state index is 0.108. The van der Waals surface area contributed by atoms with Crippen LogP contribution in [0.1, 0.15) is 50.5 Å². The molecule has 1 aromatic carbocycles. The third kappa shape index (κ3) is 3.33. The van der Waals surface area contributed by atoms with E-state index in [0.717, 1.165) is 25.0 Å². The Morgan fingerprint density at radius 2 is 1.75 bits per heavy atom. The average molecular weight is 276 g/mol. The molecule has 0 atom stereocenters. The predicted octanol–water partition coefficient (Wildman–Crippen LogP) is 3.85. The van der Waals surface area contributed by atoms with Crippen LogP contribution >= 0.6 is 0 Å². The lowest BCUT2D eigenvalue weighted by Crippen LogP contribution is -2.30. The molecule has 0 spiro atoms. The zero-order valence-electron chi connectivity index (χ0n) is 12.5. The summed E-state index contributed by atoms with van der Waals surface area (Å²) in [6.45, 7) is 0. The van der Waals surface area contributed by atoms with Gasteiger partial charge >= 0.3 is 5.97 Å². The molecule has 20 heavy (non-hydrogen) atoms. The Hall–Kier alpha value is -1.51. The molecule has 0 amide bonds. The highest BCUT2D eigenvalue weighted by molar-refractivity contribution is 5.69. The number of methoxy groups -OCH3 is 2. The SMILES string of the molecule is COC(=O)CCC1(c2ccc(OC)cc2)CCCCC1. The fourth-order valence-electron chi connectivity index (χ4n) is 3.30. The van der Waals surface area contributed by atoms with Gasteiger partial charge in [-0.25, -0.2) is 0 Å². The minimum atomic E-state index is -0.108. The van der Waals surface area contributed by atoms with Crippen molar-refractivity contribution in [3.63, 3.8) is 0 Å². The third-order valence-corrected chi connectivity index (χ3v) is 4.55. The Morgan fingerprint density at radius 3 is 2.30 bits per heavy atom. The quantitative estimate of drug-likeness (QED) is 0.766. The monoisotopic (exact) mass is 276 g/mol. The van der Waals surface area contributed by atoms with Crippen LogP contribution in [0.3, 0.4) is 0 Å². The lowest BCUT2D eigenvalue weighted by molar-refractivity contribution is -0.141. The van der Waals surface area contributed by atoms with Gasteiger partial charge in [0, 0.05) is 6.42 Å². The van der Waals surface area contributed by atoms with Crippen molar-refractivity contribution < 1.29 is 14.3 Å². The zero-order valence-corrected chi connectivity index (χ0v) is 12.5. The molecule has 2 rings (SSSR count). The van der Waals surface area contributed by atoms with Crippen LogP contribution in [0, 0.1) is 0 Å². The molecule has 0 saturated heterocycles. The normalized spacial score (nSPS) is 17.5. The van der Waals surface area contributed by atoms with E-state index in [1.165, 1.54) is 31.9 Å². The van der Waals surface area contributed by atoms with Crippen LogP contribution in [0.25, 0.3) is 0 Å². The molecular formula is C17H24O3. The van der Waals surface area contributed by atoms with Gasteiger partial charge < -0.3 is 9.47 Å². The van der Waals surface area contributed by atoms with Crippen molar-refractivity contribution >= 4 is 5.97 Å².